The maximum Gasteiger partial charge on any atom is 0.221 e. The van der Waals surface area contributed by atoms with E-state index in [9.17, 15) is 4.79 Å². The average molecular weight is 234 g/mol. The smallest absolute Gasteiger partial charge is 0.221 e. The number of carbonyl (C=O) groups excluding carboxylic acids is 1. The first-order chi connectivity index (χ1) is 5.77. The molecule has 0 heterocycles. The van der Waals surface area contributed by atoms with Crippen molar-refractivity contribution in [1.29, 1.82) is 0 Å². The summed E-state index contributed by atoms with van der Waals surface area (Å²) in [4.78, 5) is 10.9. The maximum absolute atomic E-state index is 10.9. The number of benzene rings is 1. The van der Waals surface area contributed by atoms with Gasteiger partial charge in [-0.05, 0) is 24.0 Å². The van der Waals surface area contributed by atoms with Crippen LogP contribution in [0.5, 0.6) is 0 Å². The van der Waals surface area contributed by atoms with Gasteiger partial charge < -0.3 is 5.73 Å². The van der Waals surface area contributed by atoms with Crippen LogP contribution < -0.4 is 5.73 Å². The zero-order valence-electron chi connectivity index (χ0n) is 7.60. The average Bonchev–Trinajstić information content (AvgIpc) is 2.46. The van der Waals surface area contributed by atoms with Gasteiger partial charge >= 0.3 is 0 Å². The summed E-state index contributed by atoms with van der Waals surface area (Å²) >= 11 is 0. The largest absolute Gasteiger partial charge is 0.369 e. The molecule has 0 aromatic heterocycles. The highest BCUT2D eigenvalue weighted by Gasteiger charge is 2.24. The number of hydrogen-bond donors (Lipinski definition) is 1. The van der Waals surface area contributed by atoms with Crippen molar-refractivity contribution >= 4 is 30.7 Å². The van der Waals surface area contributed by atoms with Gasteiger partial charge in [0, 0.05) is 5.92 Å². The molecule has 1 aliphatic rings. The van der Waals surface area contributed by atoms with E-state index in [4.69, 9.17) is 5.73 Å². The molecule has 1 amide bonds. The summed E-state index contributed by atoms with van der Waals surface area (Å²) in [6, 6.07) is 8.14. The van der Waals surface area contributed by atoms with Gasteiger partial charge in [-0.15, -0.1) is 24.8 Å². The zero-order chi connectivity index (χ0) is 8.55. The molecular formula is C10H13Cl2NO. The van der Waals surface area contributed by atoms with E-state index in [2.05, 4.69) is 12.1 Å². The Hall–Kier alpha value is -0.730. The zero-order valence-corrected chi connectivity index (χ0v) is 9.24. The molecule has 0 aliphatic heterocycles. The van der Waals surface area contributed by atoms with Crippen molar-refractivity contribution in [2.75, 3.05) is 0 Å². The lowest BCUT2D eigenvalue weighted by Crippen LogP contribution is -2.23. The minimum atomic E-state index is -0.175. The van der Waals surface area contributed by atoms with Gasteiger partial charge in [-0.2, -0.15) is 0 Å². The highest BCUT2D eigenvalue weighted by molar-refractivity contribution is 5.85. The van der Waals surface area contributed by atoms with Crippen molar-refractivity contribution in [3.05, 3.63) is 35.4 Å². The van der Waals surface area contributed by atoms with Crippen LogP contribution in [0.4, 0.5) is 0 Å². The summed E-state index contributed by atoms with van der Waals surface area (Å²) < 4.78 is 0. The van der Waals surface area contributed by atoms with Gasteiger partial charge in [-0.1, -0.05) is 24.3 Å². The van der Waals surface area contributed by atoms with Crippen LogP contribution in [-0.2, 0) is 17.6 Å². The highest BCUT2D eigenvalue weighted by atomic mass is 35.5. The van der Waals surface area contributed by atoms with Crippen LogP contribution >= 0.6 is 24.8 Å². The van der Waals surface area contributed by atoms with Crippen molar-refractivity contribution < 1.29 is 4.79 Å². The Morgan fingerprint density at radius 1 is 1.14 bits per heavy atom. The second-order valence-electron chi connectivity index (χ2n) is 3.28. The number of primary amides is 1. The summed E-state index contributed by atoms with van der Waals surface area (Å²) in [7, 11) is 0. The monoisotopic (exact) mass is 233 g/mol. The number of carbonyl (C=O) groups is 1. The van der Waals surface area contributed by atoms with E-state index in [1.165, 1.54) is 11.1 Å². The van der Waals surface area contributed by atoms with Gasteiger partial charge in [-0.25, -0.2) is 0 Å². The van der Waals surface area contributed by atoms with Crippen molar-refractivity contribution in [3.8, 4) is 0 Å². The third kappa shape index (κ3) is 2.40. The number of hydrogen-bond acceptors (Lipinski definition) is 1. The second-order valence-corrected chi connectivity index (χ2v) is 3.28. The first kappa shape index (κ1) is 13.3. The summed E-state index contributed by atoms with van der Waals surface area (Å²) in [5.74, 6) is -0.145. The topological polar surface area (TPSA) is 43.1 Å². The van der Waals surface area contributed by atoms with Crippen LogP contribution in [-0.4, -0.2) is 5.91 Å². The highest BCUT2D eigenvalue weighted by Crippen LogP contribution is 2.25. The first-order valence-corrected chi connectivity index (χ1v) is 4.13. The predicted molar refractivity (Wildman–Crippen MR) is 61.0 cm³/mol. The Morgan fingerprint density at radius 3 is 1.93 bits per heavy atom. The number of fused-ring (bicyclic) bond motifs is 1. The van der Waals surface area contributed by atoms with Gasteiger partial charge in [-0.3, -0.25) is 4.79 Å². The Morgan fingerprint density at radius 2 is 1.57 bits per heavy atom. The third-order valence-corrected chi connectivity index (χ3v) is 2.45. The molecule has 1 aromatic carbocycles. The Labute approximate surface area is 95.7 Å². The predicted octanol–water partition coefficient (Wildman–Crippen LogP) is 1.73. The minimum Gasteiger partial charge on any atom is -0.369 e. The molecule has 78 valence electrons. The van der Waals surface area contributed by atoms with Crippen LogP contribution in [0.15, 0.2) is 24.3 Å². The van der Waals surface area contributed by atoms with Gasteiger partial charge in [0.25, 0.3) is 0 Å². The lowest BCUT2D eigenvalue weighted by molar-refractivity contribution is -0.121. The van der Waals surface area contributed by atoms with Crippen LogP contribution in [0, 0.1) is 5.92 Å². The van der Waals surface area contributed by atoms with Crippen LogP contribution in [0.3, 0.4) is 0 Å². The molecule has 0 atom stereocenters. The summed E-state index contributed by atoms with van der Waals surface area (Å²) in [6.45, 7) is 0. The molecular weight excluding hydrogens is 221 g/mol. The fraction of sp³-hybridized carbons (Fsp3) is 0.300. The van der Waals surface area contributed by atoms with E-state index < -0.39 is 0 Å². The fourth-order valence-electron chi connectivity index (χ4n) is 1.76. The molecule has 2 rings (SSSR count). The SMILES string of the molecule is Cl.Cl.NC(=O)C1Cc2ccccc2C1. The van der Waals surface area contributed by atoms with E-state index in [1.54, 1.807) is 0 Å². The molecule has 0 saturated heterocycles. The molecule has 4 heteroatoms. The molecule has 1 aromatic rings. The normalized spacial score (nSPS) is 13.7. The van der Waals surface area contributed by atoms with E-state index >= 15 is 0 Å². The molecule has 0 bridgehead atoms. The molecule has 0 radical (unpaired) electrons. The van der Waals surface area contributed by atoms with Crippen LogP contribution in [0.25, 0.3) is 0 Å². The number of rotatable bonds is 1. The third-order valence-electron chi connectivity index (χ3n) is 2.45. The van der Waals surface area contributed by atoms with Gasteiger partial charge in [0.2, 0.25) is 5.91 Å². The van der Waals surface area contributed by atoms with Crippen molar-refractivity contribution in [1.82, 2.24) is 0 Å². The number of amides is 1. The van der Waals surface area contributed by atoms with Crippen molar-refractivity contribution in [2.45, 2.75) is 12.8 Å². The Balaban J connectivity index is 0.000000845. The first-order valence-electron chi connectivity index (χ1n) is 4.13. The lowest BCUT2D eigenvalue weighted by atomic mass is 10.1. The fourth-order valence-corrected chi connectivity index (χ4v) is 1.76. The number of halogens is 2. The lowest BCUT2D eigenvalue weighted by Gasteiger charge is -2.00. The minimum absolute atomic E-state index is 0. The maximum atomic E-state index is 10.9. The van der Waals surface area contributed by atoms with Gasteiger partial charge in [0.15, 0.2) is 0 Å². The Bertz CT molecular complexity index is 303. The quantitative estimate of drug-likeness (QED) is 0.790. The molecule has 0 saturated carbocycles. The van der Waals surface area contributed by atoms with Gasteiger partial charge in [0.1, 0.15) is 0 Å². The van der Waals surface area contributed by atoms with E-state index in [-0.39, 0.29) is 36.6 Å². The molecule has 1 aliphatic carbocycles. The summed E-state index contributed by atoms with van der Waals surface area (Å²) in [5, 5.41) is 0. The van der Waals surface area contributed by atoms with Gasteiger partial charge in [0.05, 0.1) is 0 Å². The summed E-state index contributed by atoms with van der Waals surface area (Å²) in [6.07, 6.45) is 1.65. The molecule has 0 fully saturated rings. The van der Waals surface area contributed by atoms with Crippen molar-refractivity contribution in [3.63, 3.8) is 0 Å². The molecule has 0 unspecified atom stereocenters. The van der Waals surface area contributed by atoms with Crippen LogP contribution in [0.2, 0.25) is 0 Å². The van der Waals surface area contributed by atoms with E-state index in [1.807, 2.05) is 12.1 Å². The molecule has 2 nitrogen and oxygen atoms in total. The summed E-state index contributed by atoms with van der Waals surface area (Å²) in [5.41, 5.74) is 7.80. The van der Waals surface area contributed by atoms with E-state index in [0.29, 0.717) is 0 Å². The molecule has 14 heavy (non-hydrogen) atoms. The van der Waals surface area contributed by atoms with E-state index in [0.717, 1.165) is 12.8 Å². The second kappa shape index (κ2) is 5.23. The Kier molecular flexibility index (Phi) is 4.95. The van der Waals surface area contributed by atoms with Crippen LogP contribution in [0.1, 0.15) is 11.1 Å². The van der Waals surface area contributed by atoms with Crippen molar-refractivity contribution in [2.24, 2.45) is 11.7 Å². The standard InChI is InChI=1S/C10H11NO.2ClH/c11-10(12)9-5-7-3-1-2-4-8(7)6-9;;/h1-4,9H,5-6H2,(H2,11,12);2*1H. The number of nitrogens with two attached hydrogens (primary N) is 1. The molecule has 2 N–H and O–H groups in total. The molecule has 0 spiro atoms.